The van der Waals surface area contributed by atoms with Crippen molar-refractivity contribution < 1.29 is 4.79 Å². The van der Waals surface area contributed by atoms with Gasteiger partial charge >= 0.3 is 0 Å². The van der Waals surface area contributed by atoms with Crippen LogP contribution in [0.25, 0.3) is 0 Å². The summed E-state index contributed by atoms with van der Waals surface area (Å²) in [4.78, 5) is 20.6. The minimum Gasteiger partial charge on any atom is -0.346 e. The predicted molar refractivity (Wildman–Crippen MR) is 73.7 cm³/mol. The summed E-state index contributed by atoms with van der Waals surface area (Å²) in [6.45, 7) is 4.27. The first-order valence-corrected chi connectivity index (χ1v) is 6.21. The number of anilines is 1. The minimum absolute atomic E-state index is 0.127. The quantitative estimate of drug-likeness (QED) is 0.466. The third kappa shape index (κ3) is 3.09. The topological polar surface area (TPSA) is 122 Å². The van der Waals surface area contributed by atoms with Gasteiger partial charge in [0.1, 0.15) is 5.82 Å². The van der Waals surface area contributed by atoms with Crippen LogP contribution >= 0.6 is 0 Å². The molecular formula is C12H17N7O. The first-order valence-electron chi connectivity index (χ1n) is 6.21. The molecule has 0 saturated heterocycles. The van der Waals surface area contributed by atoms with Crippen molar-refractivity contribution in [3.05, 3.63) is 35.7 Å². The van der Waals surface area contributed by atoms with Gasteiger partial charge in [-0.2, -0.15) is 5.10 Å². The van der Waals surface area contributed by atoms with Crippen molar-refractivity contribution in [1.29, 1.82) is 0 Å². The van der Waals surface area contributed by atoms with Gasteiger partial charge in [0.15, 0.2) is 5.69 Å². The molecule has 8 nitrogen and oxygen atoms in total. The van der Waals surface area contributed by atoms with E-state index in [4.69, 9.17) is 5.84 Å². The number of rotatable bonds is 5. The number of carbonyl (C=O) groups excluding carboxylic acids is 1. The summed E-state index contributed by atoms with van der Waals surface area (Å²) < 4.78 is 0. The lowest BCUT2D eigenvalue weighted by Gasteiger charge is -2.11. The van der Waals surface area contributed by atoms with Crippen LogP contribution in [0, 0.1) is 0 Å². The van der Waals surface area contributed by atoms with Crippen LogP contribution in [0.5, 0.6) is 0 Å². The molecule has 5 N–H and O–H groups in total. The van der Waals surface area contributed by atoms with Crippen LogP contribution in [0.2, 0.25) is 0 Å². The fourth-order valence-electron chi connectivity index (χ4n) is 1.59. The second kappa shape index (κ2) is 6.11. The number of amides is 1. The van der Waals surface area contributed by atoms with E-state index < -0.39 is 0 Å². The molecule has 1 amide bonds. The summed E-state index contributed by atoms with van der Waals surface area (Å²) in [6.07, 6.45) is 4.86. The Kier molecular flexibility index (Phi) is 4.26. The van der Waals surface area contributed by atoms with Crippen LogP contribution in [0.15, 0.2) is 18.6 Å². The van der Waals surface area contributed by atoms with E-state index in [-0.39, 0.29) is 17.5 Å². The van der Waals surface area contributed by atoms with Crippen molar-refractivity contribution in [2.24, 2.45) is 5.84 Å². The normalized spacial score (nSPS) is 10.6. The van der Waals surface area contributed by atoms with Gasteiger partial charge in [-0.3, -0.25) is 15.7 Å². The monoisotopic (exact) mass is 275 g/mol. The third-order valence-electron chi connectivity index (χ3n) is 2.70. The summed E-state index contributed by atoms with van der Waals surface area (Å²) in [5.74, 6) is 5.79. The fourth-order valence-corrected chi connectivity index (χ4v) is 1.59. The lowest BCUT2D eigenvalue weighted by Crippen LogP contribution is -2.26. The maximum absolute atomic E-state index is 12.2. The highest BCUT2D eigenvalue weighted by atomic mass is 16.1. The molecule has 0 unspecified atom stereocenters. The number of aromatic amines is 1. The second-order valence-electron chi connectivity index (χ2n) is 4.58. The highest BCUT2D eigenvalue weighted by Crippen LogP contribution is 2.15. The number of hydrazine groups is 1. The number of carbonyl (C=O) groups is 1. The molecule has 0 aliphatic rings. The molecule has 2 aromatic heterocycles. The molecule has 0 atom stereocenters. The SMILES string of the molecule is CC(C)c1ncc(NN)c(C(=O)NCc2cn[nH]c2)n1. The lowest BCUT2D eigenvalue weighted by atomic mass is 10.2. The van der Waals surface area contributed by atoms with E-state index in [0.717, 1.165) is 5.56 Å². The van der Waals surface area contributed by atoms with Crippen LogP contribution in [-0.2, 0) is 6.54 Å². The number of nitrogen functional groups attached to an aromatic ring is 1. The Hall–Kier alpha value is -2.48. The molecule has 0 radical (unpaired) electrons. The summed E-state index contributed by atoms with van der Waals surface area (Å²) in [6, 6.07) is 0. The highest BCUT2D eigenvalue weighted by molar-refractivity contribution is 5.97. The Balaban J connectivity index is 2.16. The summed E-state index contributed by atoms with van der Waals surface area (Å²) in [7, 11) is 0. The van der Waals surface area contributed by atoms with E-state index in [0.29, 0.717) is 18.1 Å². The number of nitrogens with zero attached hydrogens (tertiary/aromatic N) is 3. The number of nitrogens with one attached hydrogen (secondary N) is 3. The van der Waals surface area contributed by atoms with Crippen molar-refractivity contribution >= 4 is 11.6 Å². The summed E-state index contributed by atoms with van der Waals surface area (Å²) >= 11 is 0. The number of nitrogens with two attached hydrogens (primary N) is 1. The van der Waals surface area contributed by atoms with Crippen LogP contribution in [-0.4, -0.2) is 26.1 Å². The summed E-state index contributed by atoms with van der Waals surface area (Å²) in [5, 5.41) is 9.25. The molecular weight excluding hydrogens is 258 g/mol. The van der Waals surface area contributed by atoms with E-state index in [1.54, 1.807) is 12.4 Å². The molecule has 2 heterocycles. The van der Waals surface area contributed by atoms with Crippen LogP contribution in [0.3, 0.4) is 0 Å². The Morgan fingerprint density at radius 3 is 2.85 bits per heavy atom. The Bertz CT molecular complexity index is 579. The van der Waals surface area contributed by atoms with Gasteiger partial charge in [0.25, 0.3) is 5.91 Å². The summed E-state index contributed by atoms with van der Waals surface area (Å²) in [5.41, 5.74) is 3.92. The van der Waals surface area contributed by atoms with Gasteiger partial charge in [-0.15, -0.1) is 0 Å². The zero-order chi connectivity index (χ0) is 14.5. The number of hydrogen-bond acceptors (Lipinski definition) is 6. The highest BCUT2D eigenvalue weighted by Gasteiger charge is 2.16. The Morgan fingerprint density at radius 2 is 2.25 bits per heavy atom. The van der Waals surface area contributed by atoms with Crippen LogP contribution in [0.4, 0.5) is 5.69 Å². The molecule has 0 aliphatic heterocycles. The molecule has 0 spiro atoms. The zero-order valence-electron chi connectivity index (χ0n) is 11.3. The standard InChI is InChI=1S/C12H17N7O/c1-7(2)11-14-6-9(19-13)10(18-11)12(20)15-3-8-4-16-17-5-8/h4-7,19H,3,13H2,1-2H3,(H,15,20)(H,16,17). The smallest absolute Gasteiger partial charge is 0.272 e. The van der Waals surface area contributed by atoms with E-state index in [9.17, 15) is 4.79 Å². The van der Waals surface area contributed by atoms with E-state index in [1.165, 1.54) is 6.20 Å². The molecule has 2 rings (SSSR count). The van der Waals surface area contributed by atoms with Gasteiger partial charge in [0, 0.05) is 24.2 Å². The molecule has 0 fully saturated rings. The van der Waals surface area contributed by atoms with E-state index in [1.807, 2.05) is 13.8 Å². The van der Waals surface area contributed by atoms with Crippen molar-refractivity contribution in [1.82, 2.24) is 25.5 Å². The minimum atomic E-state index is -0.316. The van der Waals surface area contributed by atoms with Crippen LogP contribution < -0.4 is 16.6 Å². The average Bonchev–Trinajstić information content (AvgIpc) is 2.97. The Morgan fingerprint density at radius 1 is 1.45 bits per heavy atom. The van der Waals surface area contributed by atoms with Crippen LogP contribution in [0.1, 0.15) is 41.6 Å². The molecule has 8 heteroatoms. The zero-order valence-corrected chi connectivity index (χ0v) is 11.3. The fraction of sp³-hybridized carbons (Fsp3) is 0.333. The van der Waals surface area contributed by atoms with Crippen molar-refractivity contribution in [3.63, 3.8) is 0 Å². The molecule has 20 heavy (non-hydrogen) atoms. The first-order chi connectivity index (χ1) is 9.61. The molecule has 0 saturated carbocycles. The molecule has 0 bridgehead atoms. The molecule has 0 aromatic carbocycles. The second-order valence-corrected chi connectivity index (χ2v) is 4.58. The Labute approximate surface area is 116 Å². The van der Waals surface area contributed by atoms with Gasteiger partial charge in [0.05, 0.1) is 18.1 Å². The van der Waals surface area contributed by atoms with Gasteiger partial charge < -0.3 is 10.7 Å². The predicted octanol–water partition coefficient (Wildman–Crippen LogP) is 0.539. The van der Waals surface area contributed by atoms with Crippen molar-refractivity contribution in [2.45, 2.75) is 26.3 Å². The first kappa shape index (κ1) is 13.9. The third-order valence-corrected chi connectivity index (χ3v) is 2.70. The number of hydrogen-bond donors (Lipinski definition) is 4. The maximum Gasteiger partial charge on any atom is 0.272 e. The number of aromatic nitrogens is 4. The average molecular weight is 275 g/mol. The van der Waals surface area contributed by atoms with E-state index in [2.05, 4.69) is 30.9 Å². The van der Waals surface area contributed by atoms with Gasteiger partial charge in [-0.1, -0.05) is 13.8 Å². The van der Waals surface area contributed by atoms with Gasteiger partial charge in [-0.25, -0.2) is 9.97 Å². The van der Waals surface area contributed by atoms with Gasteiger partial charge in [-0.05, 0) is 0 Å². The molecule has 106 valence electrons. The van der Waals surface area contributed by atoms with E-state index >= 15 is 0 Å². The maximum atomic E-state index is 12.2. The lowest BCUT2D eigenvalue weighted by molar-refractivity contribution is 0.0946. The molecule has 2 aromatic rings. The number of H-pyrrole nitrogens is 1. The van der Waals surface area contributed by atoms with Gasteiger partial charge in [0.2, 0.25) is 0 Å². The van der Waals surface area contributed by atoms with Crippen molar-refractivity contribution in [2.75, 3.05) is 5.43 Å². The largest absolute Gasteiger partial charge is 0.346 e. The van der Waals surface area contributed by atoms with Crippen molar-refractivity contribution in [3.8, 4) is 0 Å². The molecule has 0 aliphatic carbocycles.